The standard InChI is InChI=1S/C46H66N6O11/c1-46(2,3)40(50-42(57)29(18-11-12-21-37(55)63-4)23-35(53)31-22-34(52(61)62)43(58)48-25-31)45(60)51-26-30-19-13-20-32(30)39(51)44(59)49-38(28-16-9-6-10-17-28)36(54)24-33(41(47)56)27-14-7-5-8-15-27/h12,21-22,25,27-30,32-33,38-40H,5-11,13-20,23-24,26H2,1-4H3,(H2,47,56)(H,48,58)(H,49,59)(H,50,57)/b21-12+/t29-,30+,32+,33+,38+,39+,40-/m1/s1. The molecule has 1 aromatic rings. The van der Waals surface area contributed by atoms with E-state index in [1.165, 1.54) is 19.3 Å². The average Bonchev–Trinajstić information content (AvgIpc) is 3.86. The van der Waals surface area contributed by atoms with Gasteiger partial charge in [0.2, 0.25) is 23.6 Å². The van der Waals surface area contributed by atoms with Crippen molar-refractivity contribution in [2.75, 3.05) is 13.7 Å². The maximum atomic E-state index is 14.9. The van der Waals surface area contributed by atoms with Gasteiger partial charge in [-0.3, -0.25) is 43.7 Å². The van der Waals surface area contributed by atoms with Crippen LogP contribution in [0.25, 0.3) is 0 Å². The van der Waals surface area contributed by atoms with Gasteiger partial charge in [-0.15, -0.1) is 0 Å². The minimum Gasteiger partial charge on any atom is -0.466 e. The Bertz CT molecular complexity index is 1960. The number of carbonyl (C=O) groups is 7. The van der Waals surface area contributed by atoms with Crippen LogP contribution in [0.4, 0.5) is 5.69 Å². The lowest BCUT2D eigenvalue weighted by atomic mass is 9.75. The number of fused-ring (bicyclic) bond motifs is 1. The van der Waals surface area contributed by atoms with Crippen molar-refractivity contribution in [3.05, 3.63) is 50.4 Å². The molecular formula is C46H66N6O11. The molecule has 0 radical (unpaired) electrons. The number of methoxy groups -OCH3 is 1. The molecule has 4 aliphatic rings. The van der Waals surface area contributed by atoms with Gasteiger partial charge < -0.3 is 31.0 Å². The zero-order valence-corrected chi connectivity index (χ0v) is 37.2. The lowest BCUT2D eigenvalue weighted by Gasteiger charge is -2.38. The molecule has 3 saturated carbocycles. The summed E-state index contributed by atoms with van der Waals surface area (Å²) >= 11 is 0. The second kappa shape index (κ2) is 21.9. The number of hydrogen-bond acceptors (Lipinski definition) is 11. The highest BCUT2D eigenvalue weighted by atomic mass is 16.6. The van der Waals surface area contributed by atoms with Crippen molar-refractivity contribution in [3.63, 3.8) is 0 Å². The largest absolute Gasteiger partial charge is 0.466 e. The first kappa shape index (κ1) is 48.8. The Balaban J connectivity index is 1.39. The molecule has 5 N–H and O–H groups in total. The lowest BCUT2D eigenvalue weighted by Crippen LogP contribution is -2.60. The summed E-state index contributed by atoms with van der Waals surface area (Å²) in [6.07, 6.45) is 14.9. The fourth-order valence-corrected chi connectivity index (χ4v) is 10.5. The summed E-state index contributed by atoms with van der Waals surface area (Å²) in [5.41, 5.74) is 3.01. The van der Waals surface area contributed by atoms with Gasteiger partial charge in [-0.1, -0.05) is 71.8 Å². The van der Waals surface area contributed by atoms with Crippen LogP contribution in [-0.4, -0.2) is 87.8 Å². The number of nitro groups is 1. The summed E-state index contributed by atoms with van der Waals surface area (Å²) < 4.78 is 4.65. The first-order valence-electron chi connectivity index (χ1n) is 22.8. The lowest BCUT2D eigenvalue weighted by molar-refractivity contribution is -0.386. The molecular weight excluding hydrogens is 813 g/mol. The number of amides is 4. The predicted molar refractivity (Wildman–Crippen MR) is 232 cm³/mol. The number of Topliss-reactive ketones (excluding diaryl/α,β-unsaturated/α-hetero) is 2. The monoisotopic (exact) mass is 878 g/mol. The topological polar surface area (TPSA) is 258 Å². The molecule has 4 fully saturated rings. The Morgan fingerprint density at radius 1 is 0.937 bits per heavy atom. The van der Waals surface area contributed by atoms with Crippen molar-refractivity contribution in [2.24, 2.45) is 46.7 Å². The highest BCUT2D eigenvalue weighted by Crippen LogP contribution is 2.44. The maximum Gasteiger partial charge on any atom is 0.334 e. The minimum absolute atomic E-state index is 0.0222. The number of pyridine rings is 1. The minimum atomic E-state index is -1.17. The number of hydrogen-bond donors (Lipinski definition) is 4. The zero-order chi connectivity index (χ0) is 46.0. The van der Waals surface area contributed by atoms with Gasteiger partial charge in [0.05, 0.1) is 18.1 Å². The number of nitrogens with zero attached hydrogens (tertiary/aromatic N) is 2. The summed E-state index contributed by atoms with van der Waals surface area (Å²) in [6, 6.07) is -2.07. The normalized spacial score (nSPS) is 22.7. The quantitative estimate of drug-likeness (QED) is 0.0480. The van der Waals surface area contributed by atoms with E-state index in [2.05, 4.69) is 20.4 Å². The fourth-order valence-electron chi connectivity index (χ4n) is 10.5. The van der Waals surface area contributed by atoms with Crippen LogP contribution in [-0.2, 0) is 33.5 Å². The average molecular weight is 879 g/mol. The van der Waals surface area contributed by atoms with E-state index >= 15 is 0 Å². The Labute approximate surface area is 368 Å². The van der Waals surface area contributed by atoms with Crippen LogP contribution in [0.2, 0.25) is 0 Å². The van der Waals surface area contributed by atoms with Gasteiger partial charge in [-0.2, -0.15) is 0 Å². The van der Waals surface area contributed by atoms with E-state index in [1.807, 2.05) is 0 Å². The molecule has 1 saturated heterocycles. The van der Waals surface area contributed by atoms with E-state index in [0.717, 1.165) is 89.3 Å². The third-order valence-electron chi connectivity index (χ3n) is 14.0. The number of ether oxygens (including phenoxy) is 1. The van der Waals surface area contributed by atoms with Crippen molar-refractivity contribution in [2.45, 2.75) is 148 Å². The molecule has 1 aliphatic heterocycles. The van der Waals surface area contributed by atoms with Crippen LogP contribution in [0.3, 0.4) is 0 Å². The van der Waals surface area contributed by atoms with Gasteiger partial charge in [0.15, 0.2) is 11.6 Å². The molecule has 0 aromatic carbocycles. The number of H-pyrrole nitrogens is 1. The van der Waals surface area contributed by atoms with E-state index in [4.69, 9.17) is 5.73 Å². The van der Waals surface area contributed by atoms with E-state index < -0.39 is 93.3 Å². The van der Waals surface area contributed by atoms with Gasteiger partial charge >= 0.3 is 17.2 Å². The van der Waals surface area contributed by atoms with Gasteiger partial charge in [0.1, 0.15) is 12.1 Å². The number of nitrogens with two attached hydrogens (primary N) is 1. The molecule has 2 heterocycles. The molecule has 0 bridgehead atoms. The molecule has 7 atom stereocenters. The van der Waals surface area contributed by atoms with Gasteiger partial charge in [-0.25, -0.2) is 4.79 Å². The molecule has 63 heavy (non-hydrogen) atoms. The molecule has 17 heteroatoms. The van der Waals surface area contributed by atoms with E-state index in [-0.39, 0.29) is 60.8 Å². The maximum absolute atomic E-state index is 14.9. The molecule has 1 aromatic heterocycles. The number of aromatic amines is 1. The summed E-state index contributed by atoms with van der Waals surface area (Å²) in [5.74, 6) is -5.49. The van der Waals surface area contributed by atoms with Crippen LogP contribution in [0.5, 0.6) is 0 Å². The van der Waals surface area contributed by atoms with Crippen LogP contribution in [0, 0.1) is 51.0 Å². The summed E-state index contributed by atoms with van der Waals surface area (Å²) in [7, 11) is 1.21. The summed E-state index contributed by atoms with van der Waals surface area (Å²) in [4.78, 5) is 123. The van der Waals surface area contributed by atoms with Crippen LogP contribution in [0.1, 0.15) is 140 Å². The Hall–Kier alpha value is -5.22. The van der Waals surface area contributed by atoms with Gasteiger partial charge in [-0.05, 0) is 80.5 Å². The fraction of sp³-hybridized carbons (Fsp3) is 0.696. The van der Waals surface area contributed by atoms with Crippen molar-refractivity contribution in [1.29, 1.82) is 0 Å². The van der Waals surface area contributed by atoms with Gasteiger partial charge in [0, 0.05) is 55.1 Å². The number of primary amides is 1. The number of rotatable bonds is 19. The third kappa shape index (κ3) is 12.5. The van der Waals surface area contributed by atoms with Crippen molar-refractivity contribution in [1.82, 2.24) is 20.5 Å². The van der Waals surface area contributed by atoms with Gasteiger partial charge in [0.25, 0.3) is 0 Å². The van der Waals surface area contributed by atoms with Crippen molar-refractivity contribution >= 4 is 46.9 Å². The van der Waals surface area contributed by atoms with Crippen molar-refractivity contribution < 1.29 is 43.2 Å². The molecule has 0 spiro atoms. The number of allylic oxidation sites excluding steroid dienone is 1. The second-order valence-corrected chi connectivity index (χ2v) is 19.2. The number of esters is 1. The first-order chi connectivity index (χ1) is 29.9. The van der Waals surface area contributed by atoms with Crippen LogP contribution >= 0.6 is 0 Å². The number of carbonyl (C=O) groups excluding carboxylic acids is 7. The molecule has 4 amide bonds. The number of aromatic nitrogens is 1. The summed E-state index contributed by atoms with van der Waals surface area (Å²) in [6.45, 7) is 5.61. The highest BCUT2D eigenvalue weighted by molar-refractivity contribution is 6.00. The van der Waals surface area contributed by atoms with E-state index in [1.54, 1.807) is 25.7 Å². The smallest absolute Gasteiger partial charge is 0.334 e. The highest BCUT2D eigenvalue weighted by Gasteiger charge is 2.52. The SMILES string of the molecule is COC(=O)/C=C/CC[C@H](CC(=O)c1c[nH]c(=O)c([N+](=O)[O-])c1)C(=O)N[C@H](C(=O)N1C[C@@H]2CCC[C@@H]2[C@H]1C(=O)N[C@H](C(=O)C[C@H](C(N)=O)C1CCCCC1)C1CCCCC1)C(C)(C)C. The second-order valence-electron chi connectivity index (χ2n) is 19.2. The van der Waals surface area contributed by atoms with Crippen LogP contribution in [0.15, 0.2) is 29.2 Å². The Morgan fingerprint density at radius 2 is 1.59 bits per heavy atom. The van der Waals surface area contributed by atoms with Crippen molar-refractivity contribution in [3.8, 4) is 0 Å². The zero-order valence-electron chi connectivity index (χ0n) is 37.2. The number of nitrogens with one attached hydrogen (secondary N) is 3. The number of ketones is 2. The Kier molecular flexibility index (Phi) is 17.0. The first-order valence-corrected chi connectivity index (χ1v) is 22.8. The molecule has 5 rings (SSSR count). The number of likely N-dealkylation sites (tertiary alicyclic amines) is 1. The Morgan fingerprint density at radius 3 is 2.19 bits per heavy atom. The molecule has 0 unspecified atom stereocenters. The molecule has 346 valence electrons. The van der Waals surface area contributed by atoms with E-state index in [9.17, 15) is 48.5 Å². The molecule has 17 nitrogen and oxygen atoms in total. The van der Waals surface area contributed by atoms with Crippen LogP contribution < -0.4 is 21.9 Å². The molecule has 3 aliphatic carbocycles. The summed E-state index contributed by atoms with van der Waals surface area (Å²) in [5, 5.41) is 17.5. The van der Waals surface area contributed by atoms with E-state index in [0.29, 0.717) is 6.42 Å². The predicted octanol–water partition coefficient (Wildman–Crippen LogP) is 4.85. The third-order valence-corrected chi connectivity index (χ3v) is 14.0.